The summed E-state index contributed by atoms with van der Waals surface area (Å²) < 4.78 is 22.3. The second-order valence-corrected chi connectivity index (χ2v) is 6.15. The monoisotopic (exact) mass is 270 g/mol. The number of carbonyl (C=O) groups is 1. The lowest BCUT2D eigenvalue weighted by Crippen LogP contribution is -2.27. The maximum atomic E-state index is 12.1. The Kier molecular flexibility index (Phi) is 4.90. The van der Waals surface area contributed by atoms with Crippen LogP contribution in [0.5, 0.6) is 5.75 Å². The van der Waals surface area contributed by atoms with Crippen molar-refractivity contribution in [3.63, 3.8) is 0 Å². The van der Waals surface area contributed by atoms with E-state index in [0.717, 1.165) is 0 Å². The molecule has 0 aliphatic heterocycles. The minimum Gasteiger partial charge on any atom is -0.495 e. The van der Waals surface area contributed by atoms with Gasteiger partial charge in [0.1, 0.15) is 17.1 Å². The normalized spacial score (nSPS) is 12.9. The first kappa shape index (κ1) is 14.7. The highest BCUT2D eigenvalue weighted by atomic mass is 32.2. The van der Waals surface area contributed by atoms with Crippen molar-refractivity contribution in [2.45, 2.75) is 31.3 Å². The number of hydrogen-bond acceptors (Lipinski definition) is 4. The zero-order valence-electron chi connectivity index (χ0n) is 11.1. The van der Waals surface area contributed by atoms with Crippen LogP contribution in [0.3, 0.4) is 0 Å². The summed E-state index contributed by atoms with van der Waals surface area (Å²) in [4.78, 5) is 12.1. The van der Waals surface area contributed by atoms with Crippen LogP contribution in [0.1, 0.15) is 20.8 Å². The Morgan fingerprint density at radius 1 is 1.28 bits per heavy atom. The number of rotatable bonds is 4. The molecule has 0 unspecified atom stereocenters. The molecule has 1 aromatic carbocycles. The first-order valence-corrected chi connectivity index (χ1v) is 6.88. The molecule has 0 aliphatic rings. The average molecular weight is 270 g/mol. The predicted octanol–water partition coefficient (Wildman–Crippen LogP) is 2.14. The van der Waals surface area contributed by atoms with Gasteiger partial charge in [-0.05, 0) is 32.9 Å². The van der Waals surface area contributed by atoms with Gasteiger partial charge in [0.05, 0.1) is 22.8 Å². The summed E-state index contributed by atoms with van der Waals surface area (Å²) in [6.07, 6.45) is 0. The molecule has 0 spiro atoms. The van der Waals surface area contributed by atoms with Gasteiger partial charge in [-0.1, -0.05) is 12.1 Å². The van der Waals surface area contributed by atoms with E-state index >= 15 is 0 Å². The van der Waals surface area contributed by atoms with Crippen molar-refractivity contribution in [3.8, 4) is 5.75 Å². The largest absolute Gasteiger partial charge is 0.495 e. The van der Waals surface area contributed by atoms with Crippen molar-refractivity contribution in [1.29, 1.82) is 0 Å². The lowest BCUT2D eigenvalue weighted by atomic mass is 10.2. The average Bonchev–Trinajstić information content (AvgIpc) is 2.26. The molecule has 0 amide bonds. The number of ether oxygens (including phenoxy) is 2. The van der Waals surface area contributed by atoms with Crippen LogP contribution in [-0.4, -0.2) is 28.6 Å². The van der Waals surface area contributed by atoms with Gasteiger partial charge in [0.25, 0.3) is 0 Å². The van der Waals surface area contributed by atoms with Crippen molar-refractivity contribution in [1.82, 2.24) is 0 Å². The molecular weight excluding hydrogens is 252 g/mol. The SMILES string of the molecule is COc1ccccc1[S@@](=O)CC(=O)OC(C)(C)C. The number of methoxy groups -OCH3 is 1. The van der Waals surface area contributed by atoms with Crippen LogP contribution in [0, 0.1) is 0 Å². The van der Waals surface area contributed by atoms with Gasteiger partial charge in [-0.2, -0.15) is 0 Å². The predicted molar refractivity (Wildman–Crippen MR) is 70.1 cm³/mol. The van der Waals surface area contributed by atoms with Crippen LogP contribution >= 0.6 is 0 Å². The molecule has 0 saturated heterocycles. The molecule has 0 bridgehead atoms. The second kappa shape index (κ2) is 6.00. The Bertz CT molecular complexity index is 449. The van der Waals surface area contributed by atoms with Gasteiger partial charge in [0, 0.05) is 0 Å². The summed E-state index contributed by atoms with van der Waals surface area (Å²) in [7, 11) is 0.0443. The van der Waals surface area contributed by atoms with Crippen LogP contribution in [-0.2, 0) is 20.3 Å². The molecule has 0 saturated carbocycles. The Labute approximate surface area is 110 Å². The molecule has 1 atom stereocenters. The molecule has 100 valence electrons. The van der Waals surface area contributed by atoms with Gasteiger partial charge in [-0.15, -0.1) is 0 Å². The molecule has 0 radical (unpaired) electrons. The molecule has 0 fully saturated rings. The third-order valence-electron chi connectivity index (χ3n) is 1.98. The van der Waals surface area contributed by atoms with Gasteiger partial charge < -0.3 is 9.47 Å². The quantitative estimate of drug-likeness (QED) is 0.787. The number of esters is 1. The lowest BCUT2D eigenvalue weighted by molar-refractivity contribution is -0.151. The topological polar surface area (TPSA) is 52.6 Å². The number of carbonyl (C=O) groups excluding carboxylic acids is 1. The summed E-state index contributed by atoms with van der Waals surface area (Å²) in [6.45, 7) is 5.32. The Hall–Kier alpha value is -1.36. The van der Waals surface area contributed by atoms with Crippen molar-refractivity contribution < 1.29 is 18.5 Å². The molecule has 0 heterocycles. The van der Waals surface area contributed by atoms with Crippen molar-refractivity contribution in [3.05, 3.63) is 24.3 Å². The fourth-order valence-corrected chi connectivity index (χ4v) is 2.40. The summed E-state index contributed by atoms with van der Waals surface area (Å²) in [6, 6.07) is 6.93. The molecule has 0 aromatic heterocycles. The van der Waals surface area contributed by atoms with Crippen molar-refractivity contribution >= 4 is 16.8 Å². The minimum absolute atomic E-state index is 0.169. The summed E-state index contributed by atoms with van der Waals surface area (Å²) in [5, 5.41) is 0. The van der Waals surface area contributed by atoms with Gasteiger partial charge in [-0.25, -0.2) is 0 Å². The van der Waals surface area contributed by atoms with E-state index in [2.05, 4.69) is 0 Å². The number of benzene rings is 1. The molecular formula is C13H18O4S. The minimum atomic E-state index is -1.46. The number of hydrogen-bond donors (Lipinski definition) is 0. The zero-order valence-corrected chi connectivity index (χ0v) is 11.9. The fraction of sp³-hybridized carbons (Fsp3) is 0.462. The highest BCUT2D eigenvalue weighted by molar-refractivity contribution is 7.85. The maximum Gasteiger partial charge on any atom is 0.319 e. The highest BCUT2D eigenvalue weighted by Gasteiger charge is 2.20. The van der Waals surface area contributed by atoms with Gasteiger partial charge in [0.2, 0.25) is 0 Å². The second-order valence-electron chi connectivity index (χ2n) is 4.73. The summed E-state index contributed by atoms with van der Waals surface area (Å²) in [5.74, 6) is -0.136. The molecule has 5 heteroatoms. The molecule has 0 aliphatic carbocycles. The zero-order chi connectivity index (χ0) is 13.8. The van der Waals surface area contributed by atoms with Crippen LogP contribution in [0.15, 0.2) is 29.2 Å². The molecule has 4 nitrogen and oxygen atoms in total. The van der Waals surface area contributed by atoms with Gasteiger partial charge >= 0.3 is 5.97 Å². The van der Waals surface area contributed by atoms with E-state index in [1.807, 2.05) is 0 Å². The van der Waals surface area contributed by atoms with E-state index in [4.69, 9.17) is 9.47 Å². The molecule has 18 heavy (non-hydrogen) atoms. The van der Waals surface area contributed by atoms with Crippen molar-refractivity contribution in [2.24, 2.45) is 0 Å². The lowest BCUT2D eigenvalue weighted by Gasteiger charge is -2.19. The van der Waals surface area contributed by atoms with Crippen LogP contribution < -0.4 is 4.74 Å². The Balaban J connectivity index is 2.74. The van der Waals surface area contributed by atoms with Gasteiger partial charge in [-0.3, -0.25) is 9.00 Å². The first-order valence-electron chi connectivity index (χ1n) is 5.57. The maximum absolute atomic E-state index is 12.1. The molecule has 1 aromatic rings. The van der Waals surface area contributed by atoms with E-state index in [-0.39, 0.29) is 5.75 Å². The highest BCUT2D eigenvalue weighted by Crippen LogP contribution is 2.21. The fourth-order valence-electron chi connectivity index (χ4n) is 1.36. The Morgan fingerprint density at radius 2 is 1.89 bits per heavy atom. The van der Waals surface area contributed by atoms with E-state index in [1.54, 1.807) is 45.0 Å². The van der Waals surface area contributed by atoms with Crippen LogP contribution in [0.2, 0.25) is 0 Å². The van der Waals surface area contributed by atoms with Crippen LogP contribution in [0.25, 0.3) is 0 Å². The molecule has 1 rings (SSSR count). The molecule has 0 N–H and O–H groups in total. The Morgan fingerprint density at radius 3 is 2.44 bits per heavy atom. The van der Waals surface area contributed by atoms with Crippen molar-refractivity contribution in [2.75, 3.05) is 12.9 Å². The summed E-state index contributed by atoms with van der Waals surface area (Å²) in [5.41, 5.74) is -0.567. The van der Waals surface area contributed by atoms with Gasteiger partial charge in [0.15, 0.2) is 0 Å². The third kappa shape index (κ3) is 4.49. The van der Waals surface area contributed by atoms with E-state index in [1.165, 1.54) is 7.11 Å². The van der Waals surface area contributed by atoms with E-state index in [0.29, 0.717) is 10.6 Å². The summed E-state index contributed by atoms with van der Waals surface area (Å²) >= 11 is 0. The standard InChI is InChI=1S/C13H18O4S/c1-13(2,3)17-12(14)9-18(15)11-8-6-5-7-10(11)16-4/h5-8H,9H2,1-4H3/t18-/m0/s1. The van der Waals surface area contributed by atoms with E-state index < -0.39 is 22.4 Å². The van der Waals surface area contributed by atoms with Crippen LogP contribution in [0.4, 0.5) is 0 Å². The number of para-hydroxylation sites is 1. The van der Waals surface area contributed by atoms with E-state index in [9.17, 15) is 9.00 Å². The first-order chi connectivity index (χ1) is 8.33. The third-order valence-corrected chi connectivity index (χ3v) is 3.31. The smallest absolute Gasteiger partial charge is 0.319 e.